The number of hydrogen-bond acceptors (Lipinski definition) is 3. The monoisotopic (exact) mass is 238 g/mol. The SMILES string of the molecule is CCOC(C)(C(=O)O)c1cc(C)ccc1OC. The summed E-state index contributed by atoms with van der Waals surface area (Å²) in [6.45, 7) is 5.52. The lowest BCUT2D eigenvalue weighted by molar-refractivity contribution is -0.164. The molecule has 0 saturated heterocycles. The Labute approximate surface area is 101 Å². The quantitative estimate of drug-likeness (QED) is 0.855. The van der Waals surface area contributed by atoms with Crippen molar-refractivity contribution in [3.8, 4) is 5.75 Å². The first-order chi connectivity index (χ1) is 7.95. The molecule has 0 bridgehead atoms. The first-order valence-electron chi connectivity index (χ1n) is 5.48. The van der Waals surface area contributed by atoms with Crippen LogP contribution in [0, 0.1) is 6.92 Å². The number of benzene rings is 1. The van der Waals surface area contributed by atoms with Crippen LogP contribution in [0.4, 0.5) is 0 Å². The van der Waals surface area contributed by atoms with Crippen LogP contribution in [0.3, 0.4) is 0 Å². The highest BCUT2D eigenvalue weighted by molar-refractivity contribution is 5.80. The Hall–Kier alpha value is -1.55. The number of aryl methyl sites for hydroxylation is 1. The fourth-order valence-electron chi connectivity index (χ4n) is 1.74. The van der Waals surface area contributed by atoms with Crippen LogP contribution in [0.5, 0.6) is 5.75 Å². The molecule has 1 atom stereocenters. The number of ether oxygens (including phenoxy) is 2. The molecule has 0 aliphatic heterocycles. The van der Waals surface area contributed by atoms with E-state index in [-0.39, 0.29) is 0 Å². The van der Waals surface area contributed by atoms with Crippen LogP contribution in [0.15, 0.2) is 18.2 Å². The van der Waals surface area contributed by atoms with E-state index in [1.165, 1.54) is 14.0 Å². The first kappa shape index (κ1) is 13.5. The smallest absolute Gasteiger partial charge is 0.340 e. The van der Waals surface area contributed by atoms with Crippen molar-refractivity contribution < 1.29 is 19.4 Å². The molecule has 1 unspecified atom stereocenters. The lowest BCUT2D eigenvalue weighted by Gasteiger charge is -2.27. The Balaban J connectivity index is 3.36. The minimum atomic E-state index is -1.38. The van der Waals surface area contributed by atoms with E-state index < -0.39 is 11.6 Å². The molecule has 1 aromatic carbocycles. The molecule has 0 aliphatic carbocycles. The Morgan fingerprint density at radius 3 is 2.59 bits per heavy atom. The van der Waals surface area contributed by atoms with Crippen molar-refractivity contribution in [3.63, 3.8) is 0 Å². The van der Waals surface area contributed by atoms with E-state index >= 15 is 0 Å². The maximum Gasteiger partial charge on any atom is 0.340 e. The van der Waals surface area contributed by atoms with Gasteiger partial charge >= 0.3 is 5.97 Å². The third-order valence-corrected chi connectivity index (χ3v) is 2.71. The van der Waals surface area contributed by atoms with Crippen molar-refractivity contribution in [2.75, 3.05) is 13.7 Å². The molecule has 0 saturated carbocycles. The van der Waals surface area contributed by atoms with Gasteiger partial charge in [0, 0.05) is 12.2 Å². The van der Waals surface area contributed by atoms with Crippen molar-refractivity contribution in [1.82, 2.24) is 0 Å². The Kier molecular flexibility index (Phi) is 4.12. The average molecular weight is 238 g/mol. The van der Waals surface area contributed by atoms with E-state index in [0.29, 0.717) is 17.9 Å². The molecule has 17 heavy (non-hydrogen) atoms. The summed E-state index contributed by atoms with van der Waals surface area (Å²) in [4.78, 5) is 11.4. The summed E-state index contributed by atoms with van der Waals surface area (Å²) in [7, 11) is 1.52. The number of rotatable bonds is 5. The minimum absolute atomic E-state index is 0.319. The summed E-state index contributed by atoms with van der Waals surface area (Å²) >= 11 is 0. The maximum absolute atomic E-state index is 11.4. The molecule has 4 nitrogen and oxygen atoms in total. The van der Waals surface area contributed by atoms with Gasteiger partial charge in [-0.05, 0) is 32.9 Å². The lowest BCUT2D eigenvalue weighted by Crippen LogP contribution is -2.36. The second kappa shape index (κ2) is 5.19. The normalized spacial score (nSPS) is 14.1. The van der Waals surface area contributed by atoms with Gasteiger partial charge < -0.3 is 14.6 Å². The van der Waals surface area contributed by atoms with Gasteiger partial charge in [-0.2, -0.15) is 0 Å². The predicted molar refractivity (Wildman–Crippen MR) is 64.3 cm³/mol. The predicted octanol–water partition coefficient (Wildman–Crippen LogP) is 2.34. The van der Waals surface area contributed by atoms with Gasteiger partial charge in [0.25, 0.3) is 0 Å². The summed E-state index contributed by atoms with van der Waals surface area (Å²) in [5.41, 5.74) is 0.119. The van der Waals surface area contributed by atoms with Gasteiger partial charge in [0.05, 0.1) is 7.11 Å². The van der Waals surface area contributed by atoms with Gasteiger partial charge in [0.15, 0.2) is 5.60 Å². The minimum Gasteiger partial charge on any atom is -0.496 e. The fourth-order valence-corrected chi connectivity index (χ4v) is 1.74. The molecule has 94 valence electrons. The Bertz CT molecular complexity index is 414. The standard InChI is InChI=1S/C13H18O4/c1-5-17-13(3,12(14)15)10-8-9(2)6-7-11(10)16-4/h6-8H,5H2,1-4H3,(H,14,15). The van der Waals surface area contributed by atoms with Gasteiger partial charge in [-0.15, -0.1) is 0 Å². The first-order valence-corrected chi connectivity index (χ1v) is 5.48. The summed E-state index contributed by atoms with van der Waals surface area (Å²) < 4.78 is 10.6. The zero-order chi connectivity index (χ0) is 13.1. The van der Waals surface area contributed by atoms with Crippen molar-refractivity contribution in [2.24, 2.45) is 0 Å². The van der Waals surface area contributed by atoms with Crippen LogP contribution in [0.25, 0.3) is 0 Å². The van der Waals surface area contributed by atoms with E-state index in [1.807, 2.05) is 13.0 Å². The number of aliphatic carboxylic acids is 1. The molecule has 0 radical (unpaired) electrons. The fraction of sp³-hybridized carbons (Fsp3) is 0.462. The van der Waals surface area contributed by atoms with E-state index in [9.17, 15) is 9.90 Å². The molecule has 4 heteroatoms. The Morgan fingerprint density at radius 1 is 1.47 bits per heavy atom. The third kappa shape index (κ3) is 2.58. The second-order valence-electron chi connectivity index (χ2n) is 3.98. The van der Waals surface area contributed by atoms with Crippen LogP contribution < -0.4 is 4.74 Å². The van der Waals surface area contributed by atoms with Crippen molar-refractivity contribution in [3.05, 3.63) is 29.3 Å². The van der Waals surface area contributed by atoms with Crippen LogP contribution in [0.2, 0.25) is 0 Å². The highest BCUT2D eigenvalue weighted by atomic mass is 16.5. The molecular formula is C13H18O4. The molecule has 1 aromatic rings. The largest absolute Gasteiger partial charge is 0.496 e. The van der Waals surface area contributed by atoms with Crippen LogP contribution in [-0.4, -0.2) is 24.8 Å². The van der Waals surface area contributed by atoms with E-state index in [0.717, 1.165) is 5.56 Å². The van der Waals surface area contributed by atoms with E-state index in [1.54, 1.807) is 19.1 Å². The summed E-state index contributed by atoms with van der Waals surface area (Å²) in [6, 6.07) is 5.41. The molecular weight excluding hydrogens is 220 g/mol. The Morgan fingerprint density at radius 2 is 2.12 bits per heavy atom. The van der Waals surface area contributed by atoms with Gasteiger partial charge in [0.1, 0.15) is 5.75 Å². The molecule has 0 fully saturated rings. The molecule has 1 rings (SSSR count). The van der Waals surface area contributed by atoms with Gasteiger partial charge in [-0.1, -0.05) is 11.6 Å². The van der Waals surface area contributed by atoms with Gasteiger partial charge in [-0.25, -0.2) is 4.79 Å². The molecule has 0 amide bonds. The number of carboxylic acids is 1. The molecule has 1 N–H and O–H groups in total. The molecule has 0 heterocycles. The van der Waals surface area contributed by atoms with Crippen LogP contribution >= 0.6 is 0 Å². The van der Waals surface area contributed by atoms with Gasteiger partial charge in [0.2, 0.25) is 0 Å². The average Bonchev–Trinajstić information content (AvgIpc) is 2.29. The maximum atomic E-state index is 11.4. The number of carbonyl (C=O) groups is 1. The zero-order valence-electron chi connectivity index (χ0n) is 10.6. The van der Waals surface area contributed by atoms with E-state index in [4.69, 9.17) is 9.47 Å². The second-order valence-corrected chi connectivity index (χ2v) is 3.98. The number of methoxy groups -OCH3 is 1. The summed E-state index contributed by atoms with van der Waals surface area (Å²) in [5, 5.41) is 9.35. The summed E-state index contributed by atoms with van der Waals surface area (Å²) in [6.07, 6.45) is 0. The van der Waals surface area contributed by atoms with Crippen LogP contribution in [0.1, 0.15) is 25.0 Å². The molecule has 0 aliphatic rings. The molecule has 0 aromatic heterocycles. The van der Waals surface area contributed by atoms with Crippen molar-refractivity contribution in [1.29, 1.82) is 0 Å². The highest BCUT2D eigenvalue weighted by Gasteiger charge is 2.38. The van der Waals surface area contributed by atoms with E-state index in [2.05, 4.69) is 0 Å². The topological polar surface area (TPSA) is 55.8 Å². The molecule has 0 spiro atoms. The summed E-state index contributed by atoms with van der Waals surface area (Å²) in [5.74, 6) is -0.503. The number of hydrogen-bond donors (Lipinski definition) is 1. The van der Waals surface area contributed by atoms with Crippen molar-refractivity contribution in [2.45, 2.75) is 26.4 Å². The lowest BCUT2D eigenvalue weighted by atomic mass is 9.93. The zero-order valence-corrected chi connectivity index (χ0v) is 10.6. The van der Waals surface area contributed by atoms with Crippen molar-refractivity contribution >= 4 is 5.97 Å². The van der Waals surface area contributed by atoms with Crippen LogP contribution in [-0.2, 0) is 15.1 Å². The third-order valence-electron chi connectivity index (χ3n) is 2.71. The van der Waals surface area contributed by atoms with Gasteiger partial charge in [-0.3, -0.25) is 0 Å². The number of carboxylic acid groups (broad SMARTS) is 1. The highest BCUT2D eigenvalue weighted by Crippen LogP contribution is 2.34.